The van der Waals surface area contributed by atoms with Gasteiger partial charge in [0.1, 0.15) is 12.9 Å². The molecule has 10 nitrogen and oxygen atoms in total. The zero-order valence-electron chi connectivity index (χ0n) is 23.6. The minimum atomic E-state index is -5.17. The normalized spacial score (nSPS) is 11.8. The van der Waals surface area contributed by atoms with Crippen LogP contribution in [-0.2, 0) is 32.9 Å². The smallest absolute Gasteiger partial charge is 0.790 e. The number of carbonyl (C=O) groups excluding carboxylic acids is 2. The Bertz CT molecular complexity index is 582. The van der Waals surface area contributed by atoms with Crippen LogP contribution in [-0.4, -0.2) is 51.1 Å². The van der Waals surface area contributed by atoms with E-state index in [4.69, 9.17) is 14.2 Å². The fourth-order valence-electron chi connectivity index (χ4n) is 3.36. The van der Waals surface area contributed by atoms with Gasteiger partial charge >= 0.3 is 65.1 Å². The fraction of sp³-hybridized carbons (Fsp3) is 0.917. The van der Waals surface area contributed by atoms with Crippen molar-refractivity contribution >= 4 is 19.7 Å². The largest absolute Gasteiger partial charge is 1.00 e. The van der Waals surface area contributed by atoms with Crippen LogP contribution in [0.25, 0.3) is 0 Å². The molecule has 0 fully saturated rings. The van der Waals surface area contributed by atoms with Gasteiger partial charge in [0.25, 0.3) is 0 Å². The molecule has 0 saturated heterocycles. The van der Waals surface area contributed by atoms with E-state index in [0.717, 1.165) is 64.3 Å². The molecule has 1 N–H and O–H groups in total. The number of amides is 1. The number of phosphoric acid groups is 1. The summed E-state index contributed by atoms with van der Waals surface area (Å²) in [5, 5.41) is 2.78. The molecule has 0 rings (SSSR count). The van der Waals surface area contributed by atoms with Crippen molar-refractivity contribution in [2.24, 2.45) is 0 Å². The van der Waals surface area contributed by atoms with E-state index in [-0.39, 0.29) is 84.8 Å². The molecule has 0 bridgehead atoms. The molecule has 1 amide bonds. The number of unbranched alkanes of at least 4 members (excludes halogenated alkanes) is 11. The summed E-state index contributed by atoms with van der Waals surface area (Å²) in [6, 6.07) is 0. The maximum atomic E-state index is 12.1. The molecule has 0 aliphatic rings. The number of nitrogens with one attached hydrogen (secondary N) is 1. The van der Waals surface area contributed by atoms with Crippen molar-refractivity contribution < 1.29 is 102 Å². The van der Waals surface area contributed by atoms with Crippen LogP contribution in [0, 0.1) is 0 Å². The molecular weight excluding hydrogens is 523 g/mol. The Morgan fingerprint density at radius 1 is 0.811 bits per heavy atom. The van der Waals surface area contributed by atoms with E-state index in [2.05, 4.69) is 16.8 Å². The van der Waals surface area contributed by atoms with Gasteiger partial charge in [-0.25, -0.2) is 0 Å². The van der Waals surface area contributed by atoms with Gasteiger partial charge in [0.05, 0.1) is 21.0 Å². The van der Waals surface area contributed by atoms with Gasteiger partial charge in [0.15, 0.2) is 0 Å². The van der Waals surface area contributed by atoms with Gasteiger partial charge in [0.2, 0.25) is 5.91 Å². The SMILES string of the molecule is CCCCCCCCCC(=O)O[C@@H](COCOCCCCCCCCNC(C)=O)COP(=O)([O-])[O-].[Na+].[Na+]. The molecule has 13 heteroatoms. The van der Waals surface area contributed by atoms with E-state index in [0.29, 0.717) is 13.0 Å². The van der Waals surface area contributed by atoms with E-state index < -0.39 is 26.5 Å². The fourth-order valence-corrected chi connectivity index (χ4v) is 3.71. The third kappa shape index (κ3) is 34.9. The first-order valence-electron chi connectivity index (χ1n) is 13.0. The van der Waals surface area contributed by atoms with Crippen molar-refractivity contribution in [3.63, 3.8) is 0 Å². The molecule has 0 unspecified atom stereocenters. The third-order valence-corrected chi connectivity index (χ3v) is 5.73. The van der Waals surface area contributed by atoms with Crippen molar-refractivity contribution in [2.45, 2.75) is 110 Å². The van der Waals surface area contributed by atoms with Crippen molar-refractivity contribution in [1.29, 1.82) is 0 Å². The molecule has 0 heterocycles. The number of ether oxygens (including phenoxy) is 3. The molecule has 0 aliphatic carbocycles. The molecule has 37 heavy (non-hydrogen) atoms. The quantitative estimate of drug-likeness (QED) is 0.0410. The first kappa shape index (κ1) is 42.4. The molecule has 0 spiro atoms. The monoisotopic (exact) mass is 569 g/mol. The summed E-state index contributed by atoms with van der Waals surface area (Å²) in [6.07, 6.45) is 12.8. The van der Waals surface area contributed by atoms with E-state index in [1.54, 1.807) is 0 Å². The Morgan fingerprint density at radius 3 is 1.97 bits per heavy atom. The van der Waals surface area contributed by atoms with E-state index in [9.17, 15) is 23.9 Å². The third-order valence-electron chi connectivity index (χ3n) is 5.26. The first-order chi connectivity index (χ1) is 16.7. The van der Waals surface area contributed by atoms with Crippen molar-refractivity contribution in [2.75, 3.05) is 33.2 Å². The van der Waals surface area contributed by atoms with Gasteiger partial charge in [0, 0.05) is 26.5 Å². The zero-order chi connectivity index (χ0) is 26.2. The number of esters is 1. The summed E-state index contributed by atoms with van der Waals surface area (Å²) in [7, 11) is -5.17. The predicted octanol–water partition coefficient (Wildman–Crippen LogP) is -2.64. The minimum Gasteiger partial charge on any atom is -0.790 e. The number of hydrogen-bond donors (Lipinski definition) is 1. The maximum absolute atomic E-state index is 12.1. The van der Waals surface area contributed by atoms with Gasteiger partial charge in [-0.2, -0.15) is 0 Å². The Balaban J connectivity index is -0.00000578. The summed E-state index contributed by atoms with van der Waals surface area (Å²) in [4.78, 5) is 44.4. The van der Waals surface area contributed by atoms with Crippen LogP contribution in [0.2, 0.25) is 0 Å². The Hall–Kier alpha value is 0.970. The van der Waals surface area contributed by atoms with Crippen molar-refractivity contribution in [3.05, 3.63) is 0 Å². The minimum absolute atomic E-state index is 0. The summed E-state index contributed by atoms with van der Waals surface area (Å²) in [6.45, 7) is 4.17. The second-order valence-electron chi connectivity index (χ2n) is 8.73. The molecule has 208 valence electrons. The van der Waals surface area contributed by atoms with E-state index >= 15 is 0 Å². The van der Waals surface area contributed by atoms with Crippen LogP contribution in [0.4, 0.5) is 0 Å². The average Bonchev–Trinajstić information content (AvgIpc) is 2.79. The number of hydrogen-bond acceptors (Lipinski definition) is 9. The maximum Gasteiger partial charge on any atom is 1.00 e. The summed E-state index contributed by atoms with van der Waals surface area (Å²) in [5.41, 5.74) is 0. The van der Waals surface area contributed by atoms with Gasteiger partial charge in [-0.1, -0.05) is 71.1 Å². The molecule has 0 aromatic rings. The summed E-state index contributed by atoms with van der Waals surface area (Å²) < 4.78 is 31.0. The molecule has 0 saturated carbocycles. The van der Waals surface area contributed by atoms with Gasteiger partial charge < -0.3 is 38.4 Å². The van der Waals surface area contributed by atoms with Crippen molar-refractivity contribution in [1.82, 2.24) is 5.32 Å². The van der Waals surface area contributed by atoms with E-state index in [1.165, 1.54) is 26.2 Å². The van der Waals surface area contributed by atoms with Gasteiger partial charge in [-0.15, -0.1) is 0 Å². The van der Waals surface area contributed by atoms with Gasteiger partial charge in [-0.05, 0) is 19.3 Å². The molecule has 0 aromatic carbocycles. The molecule has 0 aliphatic heterocycles. The van der Waals surface area contributed by atoms with Gasteiger partial charge in [-0.3, -0.25) is 9.59 Å². The molecule has 1 atom stereocenters. The topological polar surface area (TPSA) is 146 Å². The molecular formula is C24H46NNa2O9P. The van der Waals surface area contributed by atoms with Crippen LogP contribution in [0.3, 0.4) is 0 Å². The zero-order valence-corrected chi connectivity index (χ0v) is 28.5. The summed E-state index contributed by atoms with van der Waals surface area (Å²) >= 11 is 0. The van der Waals surface area contributed by atoms with Crippen LogP contribution in [0.15, 0.2) is 0 Å². The summed E-state index contributed by atoms with van der Waals surface area (Å²) in [5.74, 6) is -0.471. The number of carbonyl (C=O) groups is 2. The van der Waals surface area contributed by atoms with Crippen LogP contribution in [0.1, 0.15) is 104 Å². The Labute approximate surface area is 267 Å². The Kier molecular flexibility index (Phi) is 34.3. The molecule has 0 radical (unpaired) electrons. The van der Waals surface area contributed by atoms with E-state index in [1.807, 2.05) is 0 Å². The van der Waals surface area contributed by atoms with Crippen LogP contribution in [0.5, 0.6) is 0 Å². The number of phosphoric ester groups is 1. The first-order valence-corrected chi connectivity index (χ1v) is 14.5. The van der Waals surface area contributed by atoms with Crippen molar-refractivity contribution in [3.8, 4) is 0 Å². The standard InChI is InChI=1S/C24H48NO9P.2Na/c1-3-4-5-6-7-10-13-16-24(27)34-23(20-33-35(28,29)30)19-32-21-31-18-15-12-9-8-11-14-17-25-22(2)26;;/h23H,3-21H2,1-2H3,(H,25,26)(H2,28,29,30);;/q;2*+1/p-2/t23-;;/m0../s1. The Morgan fingerprint density at radius 2 is 1.38 bits per heavy atom. The number of rotatable bonds is 25. The second kappa shape index (κ2) is 29.9. The van der Waals surface area contributed by atoms with Crippen LogP contribution >= 0.6 is 7.82 Å². The second-order valence-corrected chi connectivity index (χ2v) is 9.88. The molecule has 0 aromatic heterocycles. The average molecular weight is 570 g/mol. The predicted molar refractivity (Wildman–Crippen MR) is 129 cm³/mol. The van der Waals surface area contributed by atoms with Crippen LogP contribution < -0.4 is 74.2 Å².